The molecule has 3 rings (SSSR count). The number of amides is 1. The van der Waals surface area contributed by atoms with Crippen LogP contribution in [0, 0.1) is 0 Å². The van der Waals surface area contributed by atoms with Gasteiger partial charge in [-0.05, 0) is 30.5 Å². The van der Waals surface area contributed by atoms with Crippen molar-refractivity contribution >= 4 is 5.91 Å². The number of likely N-dealkylation sites (tertiary alicyclic amines) is 1. The first-order valence-corrected chi connectivity index (χ1v) is 8.61. The van der Waals surface area contributed by atoms with Gasteiger partial charge >= 0.3 is 0 Å². The SMILES string of the molecule is COC[C@@H]1C[C@H](OC)CN1C(=O)CCc1cnn(-c2ccccc2)c1. The molecule has 1 aromatic heterocycles. The second-order valence-corrected chi connectivity index (χ2v) is 6.38. The van der Waals surface area contributed by atoms with E-state index in [1.165, 1.54) is 0 Å². The zero-order valence-electron chi connectivity index (χ0n) is 14.8. The lowest BCUT2D eigenvalue weighted by atomic mass is 10.1. The quantitative estimate of drug-likeness (QED) is 0.772. The summed E-state index contributed by atoms with van der Waals surface area (Å²) in [4.78, 5) is 14.5. The third-order valence-corrected chi connectivity index (χ3v) is 4.67. The van der Waals surface area contributed by atoms with Crippen LogP contribution in [0.15, 0.2) is 42.7 Å². The highest BCUT2D eigenvalue weighted by Crippen LogP contribution is 2.22. The number of hydrogen-bond acceptors (Lipinski definition) is 4. The minimum absolute atomic E-state index is 0.102. The summed E-state index contributed by atoms with van der Waals surface area (Å²) in [5, 5.41) is 4.38. The molecule has 0 saturated carbocycles. The Morgan fingerprint density at radius 3 is 2.80 bits per heavy atom. The van der Waals surface area contributed by atoms with Crippen molar-refractivity contribution in [2.24, 2.45) is 0 Å². The topological polar surface area (TPSA) is 56.6 Å². The molecule has 0 spiro atoms. The number of hydrogen-bond donors (Lipinski definition) is 0. The third kappa shape index (κ3) is 4.27. The number of carbonyl (C=O) groups excluding carboxylic acids is 1. The third-order valence-electron chi connectivity index (χ3n) is 4.67. The van der Waals surface area contributed by atoms with Crippen molar-refractivity contribution in [1.82, 2.24) is 14.7 Å². The summed E-state index contributed by atoms with van der Waals surface area (Å²) in [6.07, 6.45) is 5.90. The molecule has 6 nitrogen and oxygen atoms in total. The van der Waals surface area contributed by atoms with E-state index in [0.29, 0.717) is 26.0 Å². The van der Waals surface area contributed by atoms with E-state index in [-0.39, 0.29) is 18.1 Å². The highest BCUT2D eigenvalue weighted by molar-refractivity contribution is 5.77. The maximum Gasteiger partial charge on any atom is 0.223 e. The predicted octanol–water partition coefficient (Wildman–Crippen LogP) is 2.07. The molecule has 2 atom stereocenters. The minimum atomic E-state index is 0.102. The molecule has 1 amide bonds. The fraction of sp³-hybridized carbons (Fsp3) is 0.474. The van der Waals surface area contributed by atoms with Crippen molar-refractivity contribution in [3.63, 3.8) is 0 Å². The van der Waals surface area contributed by atoms with Crippen LogP contribution in [-0.2, 0) is 20.7 Å². The van der Waals surface area contributed by atoms with Gasteiger partial charge in [-0.2, -0.15) is 5.10 Å². The Kier molecular flexibility index (Phi) is 5.83. The Hall–Kier alpha value is -2.18. The van der Waals surface area contributed by atoms with E-state index in [2.05, 4.69) is 5.10 Å². The van der Waals surface area contributed by atoms with Gasteiger partial charge in [-0.1, -0.05) is 18.2 Å². The van der Waals surface area contributed by atoms with Gasteiger partial charge in [0.1, 0.15) is 0 Å². The minimum Gasteiger partial charge on any atom is -0.383 e. The number of rotatable bonds is 7. The van der Waals surface area contributed by atoms with Crippen molar-refractivity contribution in [2.45, 2.75) is 31.4 Å². The highest BCUT2D eigenvalue weighted by atomic mass is 16.5. The number of ether oxygens (including phenoxy) is 2. The van der Waals surface area contributed by atoms with Gasteiger partial charge in [0.15, 0.2) is 0 Å². The number of aromatic nitrogens is 2. The van der Waals surface area contributed by atoms with Crippen molar-refractivity contribution < 1.29 is 14.3 Å². The lowest BCUT2D eigenvalue weighted by Gasteiger charge is -2.23. The summed E-state index contributed by atoms with van der Waals surface area (Å²) in [6.45, 7) is 1.20. The van der Waals surface area contributed by atoms with E-state index in [1.54, 1.807) is 14.2 Å². The van der Waals surface area contributed by atoms with Crippen molar-refractivity contribution in [3.8, 4) is 5.69 Å². The molecule has 1 aromatic carbocycles. The van der Waals surface area contributed by atoms with Crippen LogP contribution in [0.2, 0.25) is 0 Å². The summed E-state index contributed by atoms with van der Waals surface area (Å²) in [6, 6.07) is 10.1. The number of para-hydroxylation sites is 1. The van der Waals surface area contributed by atoms with Crippen LogP contribution >= 0.6 is 0 Å². The van der Waals surface area contributed by atoms with Gasteiger partial charge in [0.2, 0.25) is 5.91 Å². The van der Waals surface area contributed by atoms with Gasteiger partial charge in [0, 0.05) is 33.4 Å². The molecule has 6 heteroatoms. The maximum atomic E-state index is 12.6. The molecular weight excluding hydrogens is 318 g/mol. The van der Waals surface area contributed by atoms with Crippen molar-refractivity contribution in [2.75, 3.05) is 27.4 Å². The maximum absolute atomic E-state index is 12.6. The average molecular weight is 343 g/mol. The normalized spacial score (nSPS) is 20.2. The van der Waals surface area contributed by atoms with E-state index in [1.807, 2.05) is 52.3 Å². The summed E-state index contributed by atoms with van der Waals surface area (Å²) >= 11 is 0. The molecule has 1 fully saturated rings. The monoisotopic (exact) mass is 343 g/mol. The number of methoxy groups -OCH3 is 2. The number of nitrogens with zero attached hydrogens (tertiary/aromatic N) is 3. The summed E-state index contributed by atoms with van der Waals surface area (Å²) in [5.41, 5.74) is 2.07. The lowest BCUT2D eigenvalue weighted by molar-refractivity contribution is -0.133. The molecule has 134 valence electrons. The van der Waals surface area contributed by atoms with Gasteiger partial charge < -0.3 is 14.4 Å². The molecule has 1 aliphatic rings. The van der Waals surface area contributed by atoms with E-state index < -0.39 is 0 Å². The van der Waals surface area contributed by atoms with E-state index in [9.17, 15) is 4.79 Å². The zero-order chi connectivity index (χ0) is 17.6. The second kappa shape index (κ2) is 8.27. The largest absolute Gasteiger partial charge is 0.383 e. The van der Waals surface area contributed by atoms with Crippen LogP contribution in [0.3, 0.4) is 0 Å². The molecule has 0 aliphatic carbocycles. The molecule has 1 aliphatic heterocycles. The zero-order valence-corrected chi connectivity index (χ0v) is 14.8. The fourth-order valence-electron chi connectivity index (χ4n) is 3.31. The van der Waals surface area contributed by atoms with Gasteiger partial charge in [-0.25, -0.2) is 4.68 Å². The van der Waals surface area contributed by atoms with Gasteiger partial charge in [-0.3, -0.25) is 4.79 Å². The standard InChI is InChI=1S/C19H25N3O3/c1-24-14-17-10-18(25-2)13-21(17)19(23)9-8-15-11-20-22(12-15)16-6-4-3-5-7-16/h3-7,11-12,17-18H,8-10,13-14H2,1-2H3/t17-,18-/m0/s1. The molecule has 2 aromatic rings. The van der Waals surface area contributed by atoms with Crippen molar-refractivity contribution in [3.05, 3.63) is 48.3 Å². The molecular formula is C19H25N3O3. The Morgan fingerprint density at radius 1 is 1.28 bits per heavy atom. The van der Waals surface area contributed by atoms with Gasteiger partial charge in [0.05, 0.1) is 30.6 Å². The van der Waals surface area contributed by atoms with Crippen LogP contribution < -0.4 is 0 Å². The summed E-state index contributed by atoms with van der Waals surface area (Å²) < 4.78 is 12.5. The highest BCUT2D eigenvalue weighted by Gasteiger charge is 2.34. The molecule has 1 saturated heterocycles. The molecule has 0 bridgehead atoms. The van der Waals surface area contributed by atoms with Gasteiger partial charge in [0.25, 0.3) is 0 Å². The van der Waals surface area contributed by atoms with Crippen LogP contribution in [0.25, 0.3) is 5.69 Å². The van der Waals surface area contributed by atoms with Crippen LogP contribution in [0.4, 0.5) is 0 Å². The fourth-order valence-corrected chi connectivity index (χ4v) is 3.31. The van der Waals surface area contributed by atoms with E-state index >= 15 is 0 Å². The van der Waals surface area contributed by atoms with E-state index in [4.69, 9.17) is 9.47 Å². The Morgan fingerprint density at radius 2 is 2.08 bits per heavy atom. The van der Waals surface area contributed by atoms with Crippen LogP contribution in [0.1, 0.15) is 18.4 Å². The second-order valence-electron chi connectivity index (χ2n) is 6.38. The first kappa shape index (κ1) is 17.6. The van der Waals surface area contributed by atoms with Gasteiger partial charge in [-0.15, -0.1) is 0 Å². The number of benzene rings is 1. The van der Waals surface area contributed by atoms with E-state index in [0.717, 1.165) is 17.7 Å². The van der Waals surface area contributed by atoms with Crippen molar-refractivity contribution in [1.29, 1.82) is 0 Å². The predicted molar refractivity (Wildman–Crippen MR) is 94.7 cm³/mol. The first-order valence-electron chi connectivity index (χ1n) is 8.61. The summed E-state index contributed by atoms with van der Waals surface area (Å²) in [7, 11) is 3.36. The average Bonchev–Trinajstić information content (AvgIpc) is 3.28. The molecule has 25 heavy (non-hydrogen) atoms. The molecule has 0 N–H and O–H groups in total. The molecule has 0 unspecified atom stereocenters. The van der Waals surface area contributed by atoms with Crippen LogP contribution in [-0.4, -0.2) is 60.1 Å². The summed E-state index contributed by atoms with van der Waals surface area (Å²) in [5.74, 6) is 0.147. The number of carbonyl (C=O) groups is 1. The smallest absolute Gasteiger partial charge is 0.223 e. The molecule has 2 heterocycles. The first-order chi connectivity index (χ1) is 12.2. The lowest BCUT2D eigenvalue weighted by Crippen LogP contribution is -2.38. The Bertz CT molecular complexity index is 686. The number of aryl methyl sites for hydroxylation is 1. The Labute approximate surface area is 148 Å². The molecule has 0 radical (unpaired) electrons. The Balaban J connectivity index is 1.58. The van der Waals surface area contributed by atoms with Crippen LogP contribution in [0.5, 0.6) is 0 Å².